The van der Waals surface area contributed by atoms with Crippen molar-refractivity contribution in [2.24, 2.45) is 0 Å². The number of nitrogens with zero attached hydrogens (tertiary/aromatic N) is 5. The molecule has 2 aromatic carbocycles. The second kappa shape index (κ2) is 8.14. The Morgan fingerprint density at radius 2 is 1.97 bits per heavy atom. The topological polar surface area (TPSA) is 79.7 Å². The van der Waals surface area contributed by atoms with Gasteiger partial charge in [0, 0.05) is 23.3 Å². The van der Waals surface area contributed by atoms with Crippen LogP contribution in [-0.4, -0.2) is 31.7 Å². The van der Waals surface area contributed by atoms with Crippen LogP contribution >= 0.6 is 0 Å². The zero-order chi connectivity index (χ0) is 22.4. The minimum Gasteiger partial charge on any atom is -0.357 e. The molecule has 1 atom stereocenters. The zero-order valence-electron chi connectivity index (χ0n) is 18.9. The third kappa shape index (κ3) is 3.43. The third-order valence-electron chi connectivity index (χ3n) is 7.31. The first-order chi connectivity index (χ1) is 16.2. The normalized spacial score (nSPS) is 17.1. The number of para-hydroxylation sites is 1. The van der Waals surface area contributed by atoms with Crippen molar-refractivity contribution in [2.45, 2.75) is 57.5 Å². The molecule has 3 heterocycles. The van der Waals surface area contributed by atoms with Gasteiger partial charge >= 0.3 is 0 Å². The van der Waals surface area contributed by atoms with Gasteiger partial charge in [0.15, 0.2) is 5.82 Å². The molecular weight excluding hydrogens is 412 g/mol. The van der Waals surface area contributed by atoms with Gasteiger partial charge in [0.05, 0.1) is 6.04 Å². The average molecular weight is 441 g/mol. The summed E-state index contributed by atoms with van der Waals surface area (Å²) >= 11 is 0. The van der Waals surface area contributed by atoms with Crippen molar-refractivity contribution in [1.82, 2.24) is 25.2 Å². The summed E-state index contributed by atoms with van der Waals surface area (Å²) in [6.45, 7) is 2.97. The van der Waals surface area contributed by atoms with Gasteiger partial charge in [-0.15, -0.1) is 5.10 Å². The number of hydrogen-bond acceptors (Lipinski definition) is 5. The smallest absolute Gasteiger partial charge is 0.254 e. The minimum absolute atomic E-state index is 0.0814. The molecule has 6 rings (SSSR count). The molecule has 0 saturated heterocycles. The molecule has 0 spiro atoms. The van der Waals surface area contributed by atoms with Crippen molar-refractivity contribution in [3.8, 4) is 0 Å². The van der Waals surface area contributed by atoms with E-state index in [0.29, 0.717) is 11.6 Å². The van der Waals surface area contributed by atoms with Gasteiger partial charge in [-0.3, -0.25) is 4.79 Å². The van der Waals surface area contributed by atoms with Crippen molar-refractivity contribution in [1.29, 1.82) is 0 Å². The monoisotopic (exact) mass is 440 g/mol. The predicted molar refractivity (Wildman–Crippen MR) is 129 cm³/mol. The second-order valence-electron chi connectivity index (χ2n) is 9.22. The molecule has 168 valence electrons. The number of fused-ring (bicyclic) bond motifs is 2. The van der Waals surface area contributed by atoms with Gasteiger partial charge in [0.2, 0.25) is 0 Å². The van der Waals surface area contributed by atoms with Crippen LogP contribution in [0.2, 0.25) is 0 Å². The molecule has 33 heavy (non-hydrogen) atoms. The second-order valence-corrected chi connectivity index (χ2v) is 9.22. The van der Waals surface area contributed by atoms with Crippen LogP contribution < -0.4 is 10.5 Å². The highest BCUT2D eigenvalue weighted by Gasteiger charge is 2.35. The van der Waals surface area contributed by atoms with Crippen molar-refractivity contribution < 1.29 is 0 Å². The van der Waals surface area contributed by atoms with Gasteiger partial charge in [0.25, 0.3) is 5.56 Å². The Hall–Kier alpha value is -3.48. The maximum absolute atomic E-state index is 13.5. The molecule has 2 aliphatic rings. The van der Waals surface area contributed by atoms with Crippen LogP contribution in [0, 0.1) is 0 Å². The Morgan fingerprint density at radius 3 is 2.82 bits per heavy atom. The number of anilines is 1. The number of H-pyrrole nitrogens is 1. The van der Waals surface area contributed by atoms with E-state index in [2.05, 4.69) is 68.7 Å². The molecule has 1 saturated carbocycles. The maximum atomic E-state index is 13.5. The predicted octanol–water partition coefficient (Wildman–Crippen LogP) is 4.34. The fourth-order valence-electron chi connectivity index (χ4n) is 5.56. The highest BCUT2D eigenvalue weighted by Crippen LogP contribution is 2.39. The molecule has 7 nitrogen and oxygen atoms in total. The first-order valence-corrected chi connectivity index (χ1v) is 12.0. The summed E-state index contributed by atoms with van der Waals surface area (Å²) in [7, 11) is 0. The fourth-order valence-corrected chi connectivity index (χ4v) is 5.56. The van der Waals surface area contributed by atoms with E-state index in [9.17, 15) is 4.79 Å². The highest BCUT2D eigenvalue weighted by molar-refractivity contribution is 5.80. The molecule has 0 bridgehead atoms. The quantitative estimate of drug-likeness (QED) is 0.499. The van der Waals surface area contributed by atoms with Gasteiger partial charge in [-0.1, -0.05) is 44.0 Å². The number of pyridine rings is 1. The summed E-state index contributed by atoms with van der Waals surface area (Å²) in [5, 5.41) is 14.1. The standard InChI is InChI=1S/C26H28N6O/c1-2-17-11-12-22-19(15-17)16-21(26(33)27-22)24(31-14-13-18-7-3-6-10-23(18)31)25-28-29-30-32(25)20-8-4-5-9-20/h3,6-7,10-12,15-16,20,24H,2,4-5,8-9,13-14H2,1H3,(H,27,33). The lowest BCUT2D eigenvalue weighted by atomic mass is 10.0. The summed E-state index contributed by atoms with van der Waals surface area (Å²) in [6, 6.07) is 16.7. The number of rotatable bonds is 5. The molecule has 1 unspecified atom stereocenters. The lowest BCUT2D eigenvalue weighted by Gasteiger charge is -2.30. The molecule has 1 aliphatic heterocycles. The zero-order valence-corrected chi connectivity index (χ0v) is 18.9. The average Bonchev–Trinajstić information content (AvgIpc) is 3.60. The lowest BCUT2D eigenvalue weighted by Crippen LogP contribution is -2.34. The summed E-state index contributed by atoms with van der Waals surface area (Å²) in [5.74, 6) is 0.759. The molecule has 0 amide bonds. The van der Waals surface area contributed by atoms with Gasteiger partial charge in [-0.2, -0.15) is 0 Å². The van der Waals surface area contributed by atoms with Crippen LogP contribution in [0.15, 0.2) is 53.3 Å². The van der Waals surface area contributed by atoms with E-state index in [0.717, 1.165) is 54.6 Å². The van der Waals surface area contributed by atoms with E-state index in [1.54, 1.807) is 0 Å². The number of nitrogens with one attached hydrogen (secondary N) is 1. The Bertz CT molecular complexity index is 1370. The SMILES string of the molecule is CCc1ccc2[nH]c(=O)c(C(c3nnnn3C3CCCC3)N3CCc4ccccc43)cc2c1. The summed E-state index contributed by atoms with van der Waals surface area (Å²) in [5.41, 5.74) is 5.18. The number of aromatic amines is 1. The first-order valence-electron chi connectivity index (χ1n) is 12.0. The Balaban J connectivity index is 1.55. The lowest BCUT2D eigenvalue weighted by molar-refractivity contribution is 0.428. The number of hydrogen-bond donors (Lipinski definition) is 1. The van der Waals surface area contributed by atoms with Crippen molar-refractivity contribution in [2.75, 3.05) is 11.4 Å². The molecule has 0 radical (unpaired) electrons. The third-order valence-corrected chi connectivity index (χ3v) is 7.31. The maximum Gasteiger partial charge on any atom is 0.254 e. The van der Waals surface area contributed by atoms with Gasteiger partial charge in [-0.25, -0.2) is 4.68 Å². The number of aromatic nitrogens is 5. The highest BCUT2D eigenvalue weighted by atomic mass is 16.1. The van der Waals surface area contributed by atoms with Crippen molar-refractivity contribution in [3.63, 3.8) is 0 Å². The van der Waals surface area contributed by atoms with E-state index in [1.165, 1.54) is 24.0 Å². The van der Waals surface area contributed by atoms with Crippen LogP contribution in [0.4, 0.5) is 5.69 Å². The largest absolute Gasteiger partial charge is 0.357 e. The number of benzene rings is 2. The minimum atomic E-state index is -0.345. The Morgan fingerprint density at radius 1 is 1.12 bits per heavy atom. The van der Waals surface area contributed by atoms with Gasteiger partial charge in [0.1, 0.15) is 6.04 Å². The van der Waals surface area contributed by atoms with Crippen molar-refractivity contribution in [3.05, 3.63) is 81.4 Å². The van der Waals surface area contributed by atoms with E-state index in [4.69, 9.17) is 0 Å². The molecule has 4 aromatic rings. The van der Waals surface area contributed by atoms with E-state index < -0.39 is 0 Å². The van der Waals surface area contributed by atoms with Crippen LogP contribution in [-0.2, 0) is 12.8 Å². The summed E-state index contributed by atoms with van der Waals surface area (Å²) < 4.78 is 1.99. The first kappa shape index (κ1) is 20.1. The molecule has 1 N–H and O–H groups in total. The Labute approximate surface area is 192 Å². The van der Waals surface area contributed by atoms with Gasteiger partial charge in [-0.05, 0) is 76.9 Å². The summed E-state index contributed by atoms with van der Waals surface area (Å²) in [6.07, 6.45) is 6.44. The number of aryl methyl sites for hydroxylation is 1. The van der Waals surface area contributed by atoms with E-state index >= 15 is 0 Å². The van der Waals surface area contributed by atoms with Crippen LogP contribution in [0.25, 0.3) is 10.9 Å². The molecule has 1 aliphatic carbocycles. The number of tetrazole rings is 1. The molecular formula is C26H28N6O. The van der Waals surface area contributed by atoms with E-state index in [1.807, 2.05) is 16.8 Å². The molecule has 2 aromatic heterocycles. The Kier molecular flexibility index (Phi) is 4.97. The van der Waals surface area contributed by atoms with Crippen molar-refractivity contribution >= 4 is 16.6 Å². The van der Waals surface area contributed by atoms with Gasteiger partial charge < -0.3 is 9.88 Å². The fraction of sp³-hybridized carbons (Fsp3) is 0.385. The summed E-state index contributed by atoms with van der Waals surface area (Å²) in [4.78, 5) is 18.9. The molecule has 1 fully saturated rings. The van der Waals surface area contributed by atoms with Crippen LogP contribution in [0.3, 0.4) is 0 Å². The molecule has 7 heteroatoms. The van der Waals surface area contributed by atoms with E-state index in [-0.39, 0.29) is 11.6 Å². The van der Waals surface area contributed by atoms with Crippen LogP contribution in [0.5, 0.6) is 0 Å². The van der Waals surface area contributed by atoms with Crippen LogP contribution in [0.1, 0.15) is 67.2 Å².